The van der Waals surface area contributed by atoms with Crippen molar-refractivity contribution in [3.63, 3.8) is 0 Å². The molecule has 2 atom stereocenters. The molecule has 1 amide bonds. The van der Waals surface area contributed by atoms with E-state index < -0.39 is 12.1 Å². The summed E-state index contributed by atoms with van der Waals surface area (Å²) < 4.78 is 5.43. The lowest BCUT2D eigenvalue weighted by Crippen LogP contribution is -2.45. The lowest BCUT2D eigenvalue weighted by Gasteiger charge is -2.22. The van der Waals surface area contributed by atoms with E-state index in [4.69, 9.17) is 4.74 Å². The highest BCUT2D eigenvalue weighted by Crippen LogP contribution is 2.15. The number of carbonyl (C=O) groups excluding carboxylic acids is 2. The topological polar surface area (TPSA) is 95.9 Å². The van der Waals surface area contributed by atoms with Crippen molar-refractivity contribution < 1.29 is 24.5 Å². The molecule has 0 aromatic rings. The summed E-state index contributed by atoms with van der Waals surface area (Å²) in [5.74, 6) is -0.111. The number of aliphatic hydroxyl groups is 2. The highest BCUT2D eigenvalue weighted by Gasteiger charge is 2.20. The van der Waals surface area contributed by atoms with Crippen molar-refractivity contribution in [2.45, 2.75) is 270 Å². The van der Waals surface area contributed by atoms with E-state index in [1.165, 1.54) is 128 Å². The summed E-state index contributed by atoms with van der Waals surface area (Å²) in [6, 6.07) is -0.563. The smallest absolute Gasteiger partial charge is 0.305 e. The van der Waals surface area contributed by atoms with Gasteiger partial charge in [-0.2, -0.15) is 0 Å². The molecular weight excluding hydrogens is 719 g/mol. The summed E-state index contributed by atoms with van der Waals surface area (Å²) in [5, 5.41) is 23.2. The van der Waals surface area contributed by atoms with Gasteiger partial charge in [0.05, 0.1) is 25.4 Å². The van der Waals surface area contributed by atoms with Gasteiger partial charge in [-0.25, -0.2) is 0 Å². The molecule has 0 radical (unpaired) electrons. The molecule has 6 heteroatoms. The Morgan fingerprint density at radius 2 is 0.862 bits per heavy atom. The summed E-state index contributed by atoms with van der Waals surface area (Å²) in [6.45, 7) is 4.84. The Labute approximate surface area is 360 Å². The van der Waals surface area contributed by atoms with Crippen molar-refractivity contribution in [1.82, 2.24) is 5.32 Å². The summed E-state index contributed by atoms with van der Waals surface area (Å²) in [6.07, 6.45) is 56.8. The minimum absolute atomic E-state index is 0.0451. The Morgan fingerprint density at radius 1 is 0.483 bits per heavy atom. The molecule has 0 aliphatic heterocycles. The van der Waals surface area contributed by atoms with Crippen LogP contribution in [0.25, 0.3) is 0 Å². The summed E-state index contributed by atoms with van der Waals surface area (Å²) in [4.78, 5) is 24.4. The maximum Gasteiger partial charge on any atom is 0.305 e. The molecule has 0 saturated carbocycles. The number of hydrogen-bond acceptors (Lipinski definition) is 5. The minimum Gasteiger partial charge on any atom is -0.466 e. The number of ether oxygens (including phenoxy) is 1. The van der Waals surface area contributed by atoms with Gasteiger partial charge in [0.15, 0.2) is 0 Å². The van der Waals surface area contributed by atoms with E-state index in [1.54, 1.807) is 0 Å². The first-order valence-corrected chi connectivity index (χ1v) is 25.2. The Hall–Kier alpha value is -1.92. The maximum atomic E-state index is 12.4. The fourth-order valence-corrected chi connectivity index (χ4v) is 7.49. The third kappa shape index (κ3) is 43.7. The van der Waals surface area contributed by atoms with Gasteiger partial charge in [0.1, 0.15) is 0 Å². The van der Waals surface area contributed by atoms with Gasteiger partial charge in [-0.1, -0.05) is 198 Å². The van der Waals surface area contributed by atoms with Crippen LogP contribution < -0.4 is 5.32 Å². The lowest BCUT2D eigenvalue weighted by molar-refractivity contribution is -0.143. The number of rotatable bonds is 46. The van der Waals surface area contributed by atoms with E-state index in [0.29, 0.717) is 25.9 Å². The molecule has 2 unspecified atom stereocenters. The maximum absolute atomic E-state index is 12.4. The van der Waals surface area contributed by atoms with E-state index in [9.17, 15) is 19.8 Å². The third-order valence-electron chi connectivity index (χ3n) is 11.4. The summed E-state index contributed by atoms with van der Waals surface area (Å²) in [5.41, 5.74) is 0. The molecule has 0 aromatic carbocycles. The molecule has 0 fully saturated rings. The number of allylic oxidation sites excluding steroid dienone is 6. The van der Waals surface area contributed by atoms with Crippen molar-refractivity contribution in [2.75, 3.05) is 13.2 Å². The first-order chi connectivity index (χ1) is 28.5. The van der Waals surface area contributed by atoms with Crippen molar-refractivity contribution in [2.24, 2.45) is 0 Å². The fraction of sp³-hybridized carbons (Fsp3) is 0.846. The largest absolute Gasteiger partial charge is 0.466 e. The Bertz CT molecular complexity index is 946. The van der Waals surface area contributed by atoms with Crippen molar-refractivity contribution in [1.29, 1.82) is 0 Å². The number of esters is 1. The van der Waals surface area contributed by atoms with Crippen LogP contribution in [-0.4, -0.2) is 47.4 Å². The van der Waals surface area contributed by atoms with E-state index in [2.05, 4.69) is 55.6 Å². The monoisotopic (exact) mass is 816 g/mol. The zero-order valence-corrected chi connectivity index (χ0v) is 38.5. The molecule has 58 heavy (non-hydrogen) atoms. The second-order valence-electron chi connectivity index (χ2n) is 17.1. The number of hydrogen-bond donors (Lipinski definition) is 3. The Kier molecular flexibility index (Phi) is 46.2. The molecule has 6 nitrogen and oxygen atoms in total. The second-order valence-corrected chi connectivity index (χ2v) is 17.1. The van der Waals surface area contributed by atoms with E-state index in [-0.39, 0.29) is 18.5 Å². The SMILES string of the molecule is CCCCCC/C=C\C/C=C\CCCCCCCC(=O)OCCCC/C=C\CCCCCCCC(=O)NC(CO)C(O)CCCCCCCCCCCCCCCC. The number of unbranched alkanes of at least 4 members (excludes halogenated alkanes) is 29. The lowest BCUT2D eigenvalue weighted by atomic mass is 10.0. The predicted molar refractivity (Wildman–Crippen MR) is 250 cm³/mol. The summed E-state index contributed by atoms with van der Waals surface area (Å²) in [7, 11) is 0. The van der Waals surface area contributed by atoms with Crippen molar-refractivity contribution in [3.05, 3.63) is 36.5 Å². The van der Waals surface area contributed by atoms with Crippen LogP contribution >= 0.6 is 0 Å². The van der Waals surface area contributed by atoms with Gasteiger partial charge >= 0.3 is 5.97 Å². The minimum atomic E-state index is -0.683. The van der Waals surface area contributed by atoms with Gasteiger partial charge in [0.2, 0.25) is 5.91 Å². The molecule has 0 bridgehead atoms. The highest BCUT2D eigenvalue weighted by molar-refractivity contribution is 5.76. The van der Waals surface area contributed by atoms with Gasteiger partial charge in [0, 0.05) is 12.8 Å². The highest BCUT2D eigenvalue weighted by atomic mass is 16.5. The first kappa shape index (κ1) is 56.1. The third-order valence-corrected chi connectivity index (χ3v) is 11.4. The van der Waals surface area contributed by atoms with Crippen LogP contribution in [0, 0.1) is 0 Å². The van der Waals surface area contributed by atoms with Gasteiger partial charge in [0.25, 0.3) is 0 Å². The fourth-order valence-electron chi connectivity index (χ4n) is 7.49. The van der Waals surface area contributed by atoms with Crippen LogP contribution in [0.1, 0.15) is 258 Å². The van der Waals surface area contributed by atoms with Crippen LogP contribution in [0.5, 0.6) is 0 Å². The second kappa shape index (κ2) is 47.8. The molecule has 0 aliphatic carbocycles. The van der Waals surface area contributed by atoms with Gasteiger partial charge in [-0.05, 0) is 83.5 Å². The Morgan fingerprint density at radius 3 is 1.34 bits per heavy atom. The number of carbonyl (C=O) groups is 2. The van der Waals surface area contributed by atoms with Gasteiger partial charge in [-0.3, -0.25) is 9.59 Å². The zero-order chi connectivity index (χ0) is 42.3. The standard InChI is InChI=1S/C52H97NO5/c1-3-5-7-9-11-13-15-17-19-20-22-26-30-34-38-42-46-52(57)58-47-43-39-35-31-27-23-25-29-33-37-41-45-51(56)53-49(48-54)50(55)44-40-36-32-28-24-21-18-16-14-12-10-8-6-4-2/h13,15,19-20,27,31,49-50,54-55H,3-12,14,16-18,21-26,28-30,32-48H2,1-2H3,(H,53,56)/b15-13-,20-19-,31-27-. The molecule has 0 aromatic heterocycles. The van der Waals surface area contributed by atoms with Gasteiger partial charge < -0.3 is 20.3 Å². The molecule has 3 N–H and O–H groups in total. The van der Waals surface area contributed by atoms with Crippen molar-refractivity contribution >= 4 is 11.9 Å². The predicted octanol–water partition coefficient (Wildman–Crippen LogP) is 14.9. The van der Waals surface area contributed by atoms with E-state index >= 15 is 0 Å². The number of aliphatic hydroxyl groups excluding tert-OH is 2. The molecular formula is C52H97NO5. The quantitative estimate of drug-likeness (QED) is 0.0323. The van der Waals surface area contributed by atoms with Gasteiger partial charge in [-0.15, -0.1) is 0 Å². The Balaban J connectivity index is 3.54. The molecule has 0 rings (SSSR count). The molecule has 340 valence electrons. The molecule has 0 spiro atoms. The first-order valence-electron chi connectivity index (χ1n) is 25.2. The number of amides is 1. The molecule has 0 saturated heterocycles. The summed E-state index contributed by atoms with van der Waals surface area (Å²) >= 11 is 0. The van der Waals surface area contributed by atoms with Crippen LogP contribution in [0.4, 0.5) is 0 Å². The number of nitrogens with one attached hydrogen (secondary N) is 1. The van der Waals surface area contributed by atoms with E-state index in [1.807, 2.05) is 0 Å². The van der Waals surface area contributed by atoms with Crippen molar-refractivity contribution in [3.8, 4) is 0 Å². The van der Waals surface area contributed by atoms with E-state index in [0.717, 1.165) is 96.3 Å². The van der Waals surface area contributed by atoms with Crippen LogP contribution in [0.3, 0.4) is 0 Å². The normalized spacial score (nSPS) is 13.0. The average molecular weight is 816 g/mol. The zero-order valence-electron chi connectivity index (χ0n) is 38.5. The molecule has 0 heterocycles. The van der Waals surface area contributed by atoms with Crippen LogP contribution in [-0.2, 0) is 14.3 Å². The van der Waals surface area contributed by atoms with Crippen LogP contribution in [0.2, 0.25) is 0 Å². The average Bonchev–Trinajstić information content (AvgIpc) is 3.22. The van der Waals surface area contributed by atoms with Crippen LogP contribution in [0.15, 0.2) is 36.5 Å². The molecule has 0 aliphatic rings.